The van der Waals surface area contributed by atoms with Gasteiger partial charge in [0.2, 0.25) is 0 Å². The Kier molecular flexibility index (Phi) is 9.46. The third-order valence-corrected chi connectivity index (χ3v) is 2.63. The van der Waals surface area contributed by atoms with Gasteiger partial charge in [0.15, 0.2) is 24.0 Å². The number of aliphatic hydroxyl groups excluding tert-OH is 2. The van der Waals surface area contributed by atoms with E-state index in [1.54, 1.807) is 0 Å². The van der Waals surface area contributed by atoms with Crippen LogP contribution in [0.1, 0.15) is 12.8 Å². The fourth-order valence-electron chi connectivity index (χ4n) is 1.30. The molecule has 0 aliphatic rings. The molecular weight excluding hydrogens is 296 g/mol. The molecule has 0 saturated heterocycles. The number of aliphatic hydroxyl groups is 2. The van der Waals surface area contributed by atoms with Gasteiger partial charge in [-0.1, -0.05) is 0 Å². The quantitative estimate of drug-likeness (QED) is 0.212. The zero-order valence-electron chi connectivity index (χ0n) is 12.5. The van der Waals surface area contributed by atoms with Gasteiger partial charge in [0.25, 0.3) is 11.8 Å². The summed E-state index contributed by atoms with van der Waals surface area (Å²) in [5.74, 6) is -1.96. The standard InChI is InChI=1S/C12H22N4O6/c1-21-7(13)3-5-15-11(19)9(17)10(18)12(20)16-6-4-8(14)22-2/h9-10,13-14,17-18H,3-6H2,1-2H3,(H,15,19)(H,16,20). The number of carbonyl (C=O) groups excluding carboxylic acids is 2. The van der Waals surface area contributed by atoms with E-state index < -0.39 is 24.0 Å². The highest BCUT2D eigenvalue weighted by atomic mass is 16.5. The largest absolute Gasteiger partial charge is 0.484 e. The van der Waals surface area contributed by atoms with Crippen LogP contribution in [0.2, 0.25) is 0 Å². The number of carbonyl (C=O) groups is 2. The smallest absolute Gasteiger partial charge is 0.252 e. The topological polar surface area (TPSA) is 165 Å². The van der Waals surface area contributed by atoms with Crippen molar-refractivity contribution in [2.45, 2.75) is 25.0 Å². The SMILES string of the molecule is COC(=N)CCNC(=O)C(O)C(O)C(=O)NCCC(=N)OC. The van der Waals surface area contributed by atoms with E-state index in [1.165, 1.54) is 14.2 Å². The van der Waals surface area contributed by atoms with E-state index in [1.807, 2.05) is 0 Å². The maximum Gasteiger partial charge on any atom is 0.252 e. The first-order chi connectivity index (χ1) is 10.3. The number of methoxy groups -OCH3 is 2. The summed E-state index contributed by atoms with van der Waals surface area (Å²) >= 11 is 0. The van der Waals surface area contributed by atoms with E-state index in [4.69, 9.17) is 10.8 Å². The van der Waals surface area contributed by atoms with Crippen LogP contribution in [0.3, 0.4) is 0 Å². The van der Waals surface area contributed by atoms with Crippen molar-refractivity contribution in [3.63, 3.8) is 0 Å². The predicted octanol–water partition coefficient (Wildman–Crippen LogP) is -2.03. The van der Waals surface area contributed by atoms with Gasteiger partial charge in [-0.05, 0) is 0 Å². The lowest BCUT2D eigenvalue weighted by atomic mass is 10.1. The van der Waals surface area contributed by atoms with Crippen LogP contribution in [0, 0.1) is 10.8 Å². The van der Waals surface area contributed by atoms with Crippen LogP contribution in [0.5, 0.6) is 0 Å². The molecule has 10 heteroatoms. The van der Waals surface area contributed by atoms with Gasteiger partial charge < -0.3 is 30.3 Å². The molecule has 0 spiro atoms. The van der Waals surface area contributed by atoms with Gasteiger partial charge in [-0.15, -0.1) is 0 Å². The Balaban J connectivity index is 4.13. The molecule has 2 amide bonds. The summed E-state index contributed by atoms with van der Waals surface area (Å²) < 4.78 is 9.16. The van der Waals surface area contributed by atoms with Crippen LogP contribution >= 0.6 is 0 Å². The summed E-state index contributed by atoms with van der Waals surface area (Å²) in [5.41, 5.74) is 0. The molecule has 0 heterocycles. The molecule has 0 rings (SSSR count). The number of amides is 2. The van der Waals surface area contributed by atoms with Crippen LogP contribution in [0.15, 0.2) is 0 Å². The first kappa shape index (κ1) is 19.8. The molecule has 0 aromatic heterocycles. The highest BCUT2D eigenvalue weighted by Crippen LogP contribution is 1.95. The highest BCUT2D eigenvalue weighted by molar-refractivity contribution is 5.91. The molecule has 6 N–H and O–H groups in total. The summed E-state index contributed by atoms with van der Waals surface area (Å²) in [6.07, 6.45) is -3.62. The molecular formula is C12H22N4O6. The van der Waals surface area contributed by atoms with E-state index >= 15 is 0 Å². The minimum Gasteiger partial charge on any atom is -0.484 e. The average molecular weight is 318 g/mol. The second-order valence-electron chi connectivity index (χ2n) is 4.23. The molecule has 0 aliphatic heterocycles. The lowest BCUT2D eigenvalue weighted by molar-refractivity contribution is -0.146. The fourth-order valence-corrected chi connectivity index (χ4v) is 1.30. The van der Waals surface area contributed by atoms with Gasteiger partial charge in [0, 0.05) is 25.9 Å². The van der Waals surface area contributed by atoms with Gasteiger partial charge in [-0.2, -0.15) is 0 Å². The minimum atomic E-state index is -1.93. The number of hydrogen-bond acceptors (Lipinski definition) is 8. The van der Waals surface area contributed by atoms with Crippen LogP contribution in [0.4, 0.5) is 0 Å². The van der Waals surface area contributed by atoms with Crippen molar-refractivity contribution >= 4 is 23.6 Å². The molecule has 0 radical (unpaired) electrons. The molecule has 0 saturated carbocycles. The van der Waals surface area contributed by atoms with E-state index in [9.17, 15) is 19.8 Å². The summed E-state index contributed by atoms with van der Waals surface area (Å²) in [4.78, 5) is 23.0. The van der Waals surface area contributed by atoms with E-state index in [-0.39, 0.29) is 37.7 Å². The van der Waals surface area contributed by atoms with Crippen molar-refractivity contribution in [2.24, 2.45) is 0 Å². The normalized spacial score (nSPS) is 12.7. The monoisotopic (exact) mass is 318 g/mol. The maximum atomic E-state index is 11.5. The van der Waals surface area contributed by atoms with Crippen molar-refractivity contribution in [1.29, 1.82) is 10.8 Å². The van der Waals surface area contributed by atoms with Gasteiger partial charge in [0.1, 0.15) is 0 Å². The Hall–Kier alpha value is -2.20. The summed E-state index contributed by atoms with van der Waals surface area (Å²) in [6, 6.07) is 0. The Morgan fingerprint density at radius 2 is 1.23 bits per heavy atom. The average Bonchev–Trinajstić information content (AvgIpc) is 2.52. The van der Waals surface area contributed by atoms with Gasteiger partial charge in [-0.25, -0.2) is 0 Å². The second-order valence-corrected chi connectivity index (χ2v) is 4.23. The number of hydrogen-bond donors (Lipinski definition) is 6. The first-order valence-corrected chi connectivity index (χ1v) is 6.47. The molecule has 0 aliphatic carbocycles. The molecule has 10 nitrogen and oxygen atoms in total. The fraction of sp³-hybridized carbons (Fsp3) is 0.667. The predicted molar refractivity (Wildman–Crippen MR) is 76.7 cm³/mol. The Morgan fingerprint density at radius 1 is 0.909 bits per heavy atom. The Bertz CT molecular complexity index is 376. The van der Waals surface area contributed by atoms with Crippen LogP contribution in [-0.4, -0.2) is 73.3 Å². The Labute approximate surface area is 127 Å². The lowest BCUT2D eigenvalue weighted by Crippen LogP contribution is -2.50. The molecule has 0 bridgehead atoms. The molecule has 0 fully saturated rings. The summed E-state index contributed by atoms with van der Waals surface area (Å²) in [6.45, 7) is 0.0593. The lowest BCUT2D eigenvalue weighted by Gasteiger charge is -2.17. The third-order valence-electron chi connectivity index (χ3n) is 2.63. The van der Waals surface area contributed by atoms with E-state index in [2.05, 4.69) is 20.1 Å². The van der Waals surface area contributed by atoms with Crippen molar-refractivity contribution in [1.82, 2.24) is 10.6 Å². The summed E-state index contributed by atoms with van der Waals surface area (Å²) in [5, 5.41) is 38.0. The molecule has 126 valence electrons. The minimum absolute atomic E-state index is 0.0297. The molecule has 22 heavy (non-hydrogen) atoms. The maximum absolute atomic E-state index is 11.5. The third kappa shape index (κ3) is 7.55. The molecule has 0 aromatic rings. The van der Waals surface area contributed by atoms with Gasteiger partial charge >= 0.3 is 0 Å². The van der Waals surface area contributed by atoms with Crippen molar-refractivity contribution in [3.8, 4) is 0 Å². The van der Waals surface area contributed by atoms with E-state index in [0.29, 0.717) is 0 Å². The van der Waals surface area contributed by atoms with Crippen molar-refractivity contribution in [3.05, 3.63) is 0 Å². The number of ether oxygens (including phenoxy) is 2. The molecule has 0 aromatic carbocycles. The zero-order valence-corrected chi connectivity index (χ0v) is 12.5. The highest BCUT2D eigenvalue weighted by Gasteiger charge is 2.29. The van der Waals surface area contributed by atoms with Crippen molar-refractivity contribution < 1.29 is 29.3 Å². The Morgan fingerprint density at radius 3 is 1.50 bits per heavy atom. The first-order valence-electron chi connectivity index (χ1n) is 6.47. The molecule has 2 atom stereocenters. The second kappa shape index (κ2) is 10.5. The van der Waals surface area contributed by atoms with Crippen LogP contribution in [-0.2, 0) is 19.1 Å². The van der Waals surface area contributed by atoms with E-state index in [0.717, 1.165) is 0 Å². The van der Waals surface area contributed by atoms with Crippen LogP contribution in [0.25, 0.3) is 0 Å². The summed E-state index contributed by atoms with van der Waals surface area (Å²) in [7, 11) is 2.63. The van der Waals surface area contributed by atoms with Crippen molar-refractivity contribution in [2.75, 3.05) is 27.3 Å². The number of rotatable bonds is 9. The van der Waals surface area contributed by atoms with Gasteiger partial charge in [0.05, 0.1) is 14.2 Å². The van der Waals surface area contributed by atoms with Crippen LogP contribution < -0.4 is 10.6 Å². The van der Waals surface area contributed by atoms with Gasteiger partial charge in [-0.3, -0.25) is 20.4 Å². The molecule has 2 unspecified atom stereocenters. The zero-order chi connectivity index (χ0) is 17.1. The number of nitrogens with one attached hydrogen (secondary N) is 4.